The van der Waals surface area contributed by atoms with Gasteiger partial charge in [0.25, 0.3) is 0 Å². The van der Waals surface area contributed by atoms with Gasteiger partial charge in [-0.25, -0.2) is 0 Å². The zero-order valence-electron chi connectivity index (χ0n) is 4.23. The first-order chi connectivity index (χ1) is 0. The Morgan fingerprint density at radius 3 is 1.20 bits per heavy atom. The van der Waals surface area contributed by atoms with Crippen molar-refractivity contribution in [2.24, 2.45) is 0 Å². The van der Waals surface area contributed by atoms with Crippen LogP contribution in [0.25, 0.3) is 0 Å². The van der Waals surface area contributed by atoms with Crippen molar-refractivity contribution in [3.05, 3.63) is 0 Å². The van der Waals surface area contributed by atoms with Crippen LogP contribution >= 0.6 is 0 Å². The molecule has 0 amide bonds. The Morgan fingerprint density at radius 2 is 1.20 bits per heavy atom. The molecular weight excluding hydrogens is 275 g/mol. The van der Waals surface area contributed by atoms with Crippen molar-refractivity contribution in [2.45, 2.75) is 0 Å². The van der Waals surface area contributed by atoms with Crippen molar-refractivity contribution >= 4 is 10.1 Å². The van der Waals surface area contributed by atoms with Gasteiger partial charge in [0.2, 0.25) is 0 Å². The summed E-state index contributed by atoms with van der Waals surface area (Å²) in [5.41, 5.74) is 0. The van der Waals surface area contributed by atoms with Gasteiger partial charge in [0.15, 0.2) is 0 Å². The minimum absolute atomic E-state index is 0. The second kappa shape index (κ2) is 30.2. The molecule has 0 bridgehead atoms. The van der Waals surface area contributed by atoms with Crippen molar-refractivity contribution in [2.75, 3.05) is 0 Å². The van der Waals surface area contributed by atoms with E-state index in [2.05, 4.69) is 0 Å². The van der Waals surface area contributed by atoms with Gasteiger partial charge < -0.3 is 2.85 Å². The van der Waals surface area contributed by atoms with E-state index in [1.54, 1.807) is 0 Å². The maximum Gasteiger partial charge on any atom is 2.00 e. The summed E-state index contributed by atoms with van der Waals surface area (Å²) in [5.74, 6) is 0. The summed E-state index contributed by atoms with van der Waals surface area (Å²) < 4.78 is 0. The van der Waals surface area contributed by atoms with Crippen LogP contribution in [-0.2, 0) is 78.0 Å². The molecule has 0 nitrogen and oxygen atoms in total. The number of rotatable bonds is 0. The third-order valence-corrected chi connectivity index (χ3v) is 0. The quantitative estimate of drug-likeness (QED) is 0.540. The van der Waals surface area contributed by atoms with Crippen LogP contribution in [0.15, 0.2) is 0 Å². The molecule has 0 rings (SSSR count). The van der Waals surface area contributed by atoms with E-state index in [9.17, 15) is 0 Å². The summed E-state index contributed by atoms with van der Waals surface area (Å²) in [6.07, 6.45) is 0. The van der Waals surface area contributed by atoms with E-state index in [0.717, 1.165) is 0 Å². The minimum Gasteiger partial charge on any atom is -1.00 e. The smallest absolute Gasteiger partial charge is 1.00 e. The maximum atomic E-state index is 0. The summed E-state index contributed by atoms with van der Waals surface area (Å²) in [4.78, 5) is 0. The second-order valence-corrected chi connectivity index (χ2v) is 0. The molecule has 0 saturated heterocycles. The van der Waals surface area contributed by atoms with E-state index < -0.39 is 0 Å². The molecule has 0 heterocycles. The Morgan fingerprint density at radius 1 is 1.20 bits per heavy atom. The van der Waals surface area contributed by atoms with Gasteiger partial charge in [0.05, 0.1) is 0 Å². The monoisotopic (exact) mass is 276 g/mol. The molecule has 0 aliphatic heterocycles. The Labute approximate surface area is 89.9 Å². The van der Waals surface area contributed by atoms with Gasteiger partial charge in [0, 0.05) is 78.0 Å². The van der Waals surface area contributed by atoms with E-state index >= 15 is 0 Å². The Kier molecular flexibility index (Phi) is 291. The third kappa shape index (κ3) is 20.5. The summed E-state index contributed by atoms with van der Waals surface area (Å²) >= 11 is 0. The van der Waals surface area contributed by atoms with Crippen LogP contribution in [0.3, 0.4) is 0 Å². The van der Waals surface area contributed by atoms with Gasteiger partial charge in [0.1, 0.15) is 0 Å². The molecule has 0 spiro atoms. The molecule has 0 unspecified atom stereocenters. The van der Waals surface area contributed by atoms with E-state index in [1.165, 1.54) is 0 Å². The van der Waals surface area contributed by atoms with E-state index in [-0.39, 0.29) is 90.9 Å². The van der Waals surface area contributed by atoms with Crippen molar-refractivity contribution in [1.29, 1.82) is 0 Å². The van der Waals surface area contributed by atoms with Crippen LogP contribution in [0.4, 0.5) is 0 Å². The van der Waals surface area contributed by atoms with Crippen LogP contribution in [0.5, 0.6) is 0 Å². The fourth-order valence-corrected chi connectivity index (χ4v) is 0. The van der Waals surface area contributed by atoms with Crippen LogP contribution in [0, 0.1) is 0 Å². The SMILES string of the molecule is [Ag].[Be+2].[Cr].[H-].[H-].[Ni].[Ti]. The normalized spacial score (nSPS) is 0. The van der Waals surface area contributed by atoms with E-state index in [0.29, 0.717) is 0 Å². The minimum atomic E-state index is 0. The summed E-state index contributed by atoms with van der Waals surface area (Å²) in [7, 11) is 0. The van der Waals surface area contributed by atoms with Crippen molar-refractivity contribution in [3.8, 4) is 0 Å². The van der Waals surface area contributed by atoms with Crippen molar-refractivity contribution in [3.63, 3.8) is 0 Å². The predicted octanol–water partition coefficient (Wildman–Crippen LogP) is -0.166. The first-order valence-electron chi connectivity index (χ1n) is 0. The Bertz CT molecular complexity index is 17.7. The molecule has 35 valence electrons. The molecule has 1 radical (unpaired) electrons. The van der Waals surface area contributed by atoms with Gasteiger partial charge in [-0.15, -0.1) is 0 Å². The van der Waals surface area contributed by atoms with E-state index in [1.807, 2.05) is 0 Å². The van der Waals surface area contributed by atoms with E-state index in [4.69, 9.17) is 0 Å². The average molecular weight is 277 g/mol. The molecule has 0 aliphatic rings. The Hall–Kier alpha value is 2.65. The van der Waals surface area contributed by atoms with Crippen LogP contribution < -0.4 is 0 Å². The summed E-state index contributed by atoms with van der Waals surface area (Å²) in [5, 5.41) is 0. The topological polar surface area (TPSA) is 0 Å². The molecule has 0 saturated carbocycles. The molecular formula is H2AgBeCrNiTi. The maximum absolute atomic E-state index is 0. The van der Waals surface area contributed by atoms with Gasteiger partial charge in [-0.05, 0) is 0 Å². The van der Waals surface area contributed by atoms with Gasteiger partial charge in [-0.2, -0.15) is 0 Å². The fraction of sp³-hybridized carbons (Fsp3) is 0. The van der Waals surface area contributed by atoms with Gasteiger partial charge >= 0.3 is 10.1 Å². The van der Waals surface area contributed by atoms with Gasteiger partial charge in [-0.3, -0.25) is 0 Å². The fourth-order valence-electron chi connectivity index (χ4n) is 0. The van der Waals surface area contributed by atoms with Crippen molar-refractivity contribution < 1.29 is 80.8 Å². The molecule has 0 fully saturated rings. The summed E-state index contributed by atoms with van der Waals surface area (Å²) in [6, 6.07) is 0. The molecule has 0 aromatic rings. The van der Waals surface area contributed by atoms with Crippen LogP contribution in [-0.4, -0.2) is 10.1 Å². The molecule has 5 heteroatoms. The largest absolute Gasteiger partial charge is 2.00 e. The molecule has 5 heavy (non-hydrogen) atoms. The van der Waals surface area contributed by atoms with Crippen molar-refractivity contribution in [1.82, 2.24) is 0 Å². The first-order valence-corrected chi connectivity index (χ1v) is 0. The predicted molar refractivity (Wildman–Crippen MR) is 7.98 cm³/mol. The molecule has 0 aromatic carbocycles. The Balaban J connectivity index is 0. The standard InChI is InChI=1S/Ag.Be.Cr.Ni.Ti.2H/q;+2;;;;2*-1. The zero-order chi connectivity index (χ0) is 0. The third-order valence-electron chi connectivity index (χ3n) is 0. The molecule has 0 aliphatic carbocycles. The zero-order valence-corrected chi connectivity index (χ0v) is 7.54. The molecule has 0 atom stereocenters. The number of hydrogen-bond acceptors (Lipinski definition) is 0. The molecule has 0 aromatic heterocycles. The van der Waals surface area contributed by atoms with Crippen LogP contribution in [0.1, 0.15) is 2.85 Å². The second-order valence-electron chi connectivity index (χ2n) is 0. The molecule has 0 N–H and O–H groups in total. The summed E-state index contributed by atoms with van der Waals surface area (Å²) in [6.45, 7) is 0. The van der Waals surface area contributed by atoms with Crippen LogP contribution in [0.2, 0.25) is 0 Å². The first kappa shape index (κ1) is 48.2. The van der Waals surface area contributed by atoms with Gasteiger partial charge in [-0.1, -0.05) is 0 Å². The number of hydrogen-bond donors (Lipinski definition) is 0. The average Bonchev–Trinajstić information content (AvgIpc) is 0.